The van der Waals surface area contributed by atoms with Crippen LogP contribution >= 0.6 is 0 Å². The zero-order valence-electron chi connectivity index (χ0n) is 17.0. The van der Waals surface area contributed by atoms with Crippen LogP contribution in [0.4, 0.5) is 0 Å². The van der Waals surface area contributed by atoms with Gasteiger partial charge < -0.3 is 30.3 Å². The largest absolute Gasteiger partial charge is 0.504 e. The number of amides is 2. The quantitative estimate of drug-likeness (QED) is 0.325. The lowest BCUT2D eigenvalue weighted by Crippen LogP contribution is -2.41. The molecule has 0 spiro atoms. The third-order valence-electron chi connectivity index (χ3n) is 5.13. The van der Waals surface area contributed by atoms with Gasteiger partial charge in [0.15, 0.2) is 17.2 Å². The number of likely N-dealkylation sites (tertiary alicyclic amines) is 1. The van der Waals surface area contributed by atoms with Crippen molar-refractivity contribution >= 4 is 17.8 Å². The van der Waals surface area contributed by atoms with E-state index >= 15 is 0 Å². The molecule has 2 aromatic rings. The molecule has 0 aliphatic carbocycles. The summed E-state index contributed by atoms with van der Waals surface area (Å²) in [6.07, 6.45) is 1.39. The Bertz CT molecular complexity index is 974. The molecule has 1 saturated heterocycles. The number of hydrogen-bond donors (Lipinski definition) is 4. The van der Waals surface area contributed by atoms with Gasteiger partial charge in [-0.15, -0.1) is 0 Å². The Morgan fingerprint density at radius 3 is 2.29 bits per heavy atom. The molecular formula is C22H24N2O7. The SMILES string of the molecule is CC(=O)Oc1cccc(C(=O)N2CCC(CNC(=O)c3cc(O)c(O)c(O)c3)CC2)c1. The van der Waals surface area contributed by atoms with Gasteiger partial charge in [-0.1, -0.05) is 6.07 Å². The second-order valence-electron chi connectivity index (χ2n) is 7.43. The summed E-state index contributed by atoms with van der Waals surface area (Å²) in [5.74, 6) is -2.42. The number of nitrogens with zero attached hydrogens (tertiary/aromatic N) is 1. The molecule has 0 radical (unpaired) electrons. The lowest BCUT2D eigenvalue weighted by molar-refractivity contribution is -0.131. The van der Waals surface area contributed by atoms with Crippen LogP contribution in [0.1, 0.15) is 40.5 Å². The van der Waals surface area contributed by atoms with E-state index in [1.54, 1.807) is 29.2 Å². The molecule has 9 heteroatoms. The van der Waals surface area contributed by atoms with Gasteiger partial charge in [0.25, 0.3) is 11.8 Å². The molecule has 3 rings (SSSR count). The Morgan fingerprint density at radius 2 is 1.68 bits per heavy atom. The van der Waals surface area contributed by atoms with Crippen molar-refractivity contribution in [3.63, 3.8) is 0 Å². The average Bonchev–Trinajstić information content (AvgIpc) is 2.75. The standard InChI is InChI=1S/C22H24N2O7/c1-13(25)31-17-4-2-3-15(9-17)22(30)24-7-5-14(6-8-24)12-23-21(29)16-10-18(26)20(28)19(27)11-16/h2-4,9-11,14,26-28H,5-8,12H2,1H3,(H,23,29). The topological polar surface area (TPSA) is 136 Å². The molecular weight excluding hydrogens is 404 g/mol. The predicted octanol–water partition coefficient (Wildman–Crippen LogP) is 2.01. The third-order valence-corrected chi connectivity index (χ3v) is 5.13. The molecule has 31 heavy (non-hydrogen) atoms. The molecule has 1 aliphatic rings. The molecule has 0 aromatic heterocycles. The Hall–Kier alpha value is -3.75. The van der Waals surface area contributed by atoms with Crippen LogP contribution in [-0.4, -0.2) is 57.6 Å². The molecule has 9 nitrogen and oxygen atoms in total. The van der Waals surface area contributed by atoms with E-state index in [9.17, 15) is 29.7 Å². The molecule has 2 amide bonds. The Labute approximate surface area is 178 Å². The first-order chi connectivity index (χ1) is 14.7. The van der Waals surface area contributed by atoms with Crippen LogP contribution < -0.4 is 10.1 Å². The van der Waals surface area contributed by atoms with E-state index in [0.29, 0.717) is 43.8 Å². The zero-order valence-corrected chi connectivity index (χ0v) is 17.0. The van der Waals surface area contributed by atoms with Crippen molar-refractivity contribution in [1.82, 2.24) is 10.2 Å². The number of nitrogens with one attached hydrogen (secondary N) is 1. The predicted molar refractivity (Wildman–Crippen MR) is 110 cm³/mol. The van der Waals surface area contributed by atoms with Crippen molar-refractivity contribution in [1.29, 1.82) is 0 Å². The lowest BCUT2D eigenvalue weighted by atomic mass is 9.96. The van der Waals surface area contributed by atoms with Crippen molar-refractivity contribution in [2.75, 3.05) is 19.6 Å². The second-order valence-corrected chi connectivity index (χ2v) is 7.43. The van der Waals surface area contributed by atoms with Crippen LogP contribution in [0.3, 0.4) is 0 Å². The summed E-state index contributed by atoms with van der Waals surface area (Å²) in [7, 11) is 0. The Kier molecular flexibility index (Phi) is 6.64. The summed E-state index contributed by atoms with van der Waals surface area (Å²) in [6.45, 7) is 2.73. The Morgan fingerprint density at radius 1 is 1.03 bits per heavy atom. The van der Waals surface area contributed by atoms with Crippen LogP contribution in [0, 0.1) is 5.92 Å². The van der Waals surface area contributed by atoms with Crippen molar-refractivity contribution in [2.24, 2.45) is 5.92 Å². The number of aromatic hydroxyl groups is 3. The van der Waals surface area contributed by atoms with Gasteiger partial charge in [-0.3, -0.25) is 14.4 Å². The number of benzene rings is 2. The van der Waals surface area contributed by atoms with E-state index in [0.717, 1.165) is 12.1 Å². The maximum atomic E-state index is 12.7. The van der Waals surface area contributed by atoms with Crippen LogP contribution in [-0.2, 0) is 4.79 Å². The molecule has 1 fully saturated rings. The number of phenolic OH excluding ortho intramolecular Hbond substituents is 3. The van der Waals surface area contributed by atoms with Crippen LogP contribution in [0.2, 0.25) is 0 Å². The molecule has 0 atom stereocenters. The van der Waals surface area contributed by atoms with Gasteiger partial charge in [0.2, 0.25) is 0 Å². The van der Waals surface area contributed by atoms with E-state index in [2.05, 4.69) is 5.32 Å². The minimum Gasteiger partial charge on any atom is -0.504 e. The van der Waals surface area contributed by atoms with Gasteiger partial charge in [-0.05, 0) is 49.1 Å². The van der Waals surface area contributed by atoms with E-state index < -0.39 is 29.1 Å². The van der Waals surface area contributed by atoms with Gasteiger partial charge in [0.05, 0.1) is 0 Å². The molecule has 0 bridgehead atoms. The van der Waals surface area contributed by atoms with Crippen molar-refractivity contribution in [3.05, 3.63) is 47.5 Å². The molecule has 1 heterocycles. The molecule has 164 valence electrons. The summed E-state index contributed by atoms with van der Waals surface area (Å²) in [4.78, 5) is 37.8. The minimum atomic E-state index is -0.674. The number of piperidine rings is 1. The van der Waals surface area contributed by atoms with Gasteiger partial charge in [-0.2, -0.15) is 0 Å². The normalized spacial score (nSPS) is 14.2. The number of carbonyl (C=O) groups excluding carboxylic acids is 3. The second kappa shape index (κ2) is 9.38. The van der Waals surface area contributed by atoms with E-state index in [1.807, 2.05) is 0 Å². The Balaban J connectivity index is 1.51. The number of hydrogen-bond acceptors (Lipinski definition) is 7. The van der Waals surface area contributed by atoms with Gasteiger partial charge in [0, 0.05) is 37.7 Å². The minimum absolute atomic E-state index is 0.0353. The molecule has 1 aliphatic heterocycles. The van der Waals surface area contributed by atoms with Gasteiger partial charge in [0.1, 0.15) is 5.75 Å². The number of esters is 1. The lowest BCUT2D eigenvalue weighted by Gasteiger charge is -2.32. The number of rotatable bonds is 5. The number of ether oxygens (including phenoxy) is 1. The summed E-state index contributed by atoms with van der Waals surface area (Å²) < 4.78 is 5.03. The maximum absolute atomic E-state index is 12.7. The first kappa shape index (κ1) is 21.9. The summed E-state index contributed by atoms with van der Waals surface area (Å²) in [5.41, 5.74) is 0.477. The zero-order chi connectivity index (χ0) is 22.5. The molecule has 0 saturated carbocycles. The van der Waals surface area contributed by atoms with Crippen LogP contribution in [0.25, 0.3) is 0 Å². The smallest absolute Gasteiger partial charge is 0.308 e. The van der Waals surface area contributed by atoms with E-state index in [-0.39, 0.29) is 17.4 Å². The monoisotopic (exact) mass is 428 g/mol. The summed E-state index contributed by atoms with van der Waals surface area (Å²) >= 11 is 0. The number of carbonyl (C=O) groups is 3. The highest BCUT2D eigenvalue weighted by Gasteiger charge is 2.24. The highest BCUT2D eigenvalue weighted by Crippen LogP contribution is 2.35. The number of phenols is 3. The van der Waals surface area contributed by atoms with Crippen LogP contribution in [0.5, 0.6) is 23.0 Å². The van der Waals surface area contributed by atoms with Crippen LogP contribution in [0.15, 0.2) is 36.4 Å². The van der Waals surface area contributed by atoms with Crippen molar-refractivity contribution in [3.8, 4) is 23.0 Å². The fourth-order valence-corrected chi connectivity index (χ4v) is 3.46. The highest BCUT2D eigenvalue weighted by atomic mass is 16.5. The van der Waals surface area contributed by atoms with Gasteiger partial charge >= 0.3 is 5.97 Å². The first-order valence-electron chi connectivity index (χ1n) is 9.85. The molecule has 4 N–H and O–H groups in total. The molecule has 0 unspecified atom stereocenters. The van der Waals surface area contributed by atoms with Crippen molar-refractivity contribution < 1.29 is 34.4 Å². The summed E-state index contributed by atoms with van der Waals surface area (Å²) in [5, 5.41) is 31.2. The van der Waals surface area contributed by atoms with E-state index in [1.165, 1.54) is 6.92 Å². The fraction of sp³-hybridized carbons (Fsp3) is 0.318. The van der Waals surface area contributed by atoms with Crippen molar-refractivity contribution in [2.45, 2.75) is 19.8 Å². The highest BCUT2D eigenvalue weighted by molar-refractivity contribution is 5.96. The van der Waals surface area contributed by atoms with E-state index in [4.69, 9.17) is 4.74 Å². The molecule has 2 aromatic carbocycles. The maximum Gasteiger partial charge on any atom is 0.308 e. The first-order valence-corrected chi connectivity index (χ1v) is 9.85. The van der Waals surface area contributed by atoms with Gasteiger partial charge in [-0.25, -0.2) is 0 Å². The fourth-order valence-electron chi connectivity index (χ4n) is 3.46. The third kappa shape index (κ3) is 5.44. The summed E-state index contributed by atoms with van der Waals surface area (Å²) in [6, 6.07) is 8.64. The average molecular weight is 428 g/mol.